The summed E-state index contributed by atoms with van der Waals surface area (Å²) in [5, 5.41) is 17.8. The van der Waals surface area contributed by atoms with Crippen LogP contribution in [0.15, 0.2) is 42.7 Å². The number of nitrogens with one attached hydrogen (secondary N) is 1. The molecule has 0 radical (unpaired) electrons. The Morgan fingerprint density at radius 2 is 2.00 bits per heavy atom. The molecule has 3 aromatic rings. The third-order valence-electron chi connectivity index (χ3n) is 2.84. The van der Waals surface area contributed by atoms with Crippen molar-refractivity contribution in [1.29, 1.82) is 0 Å². The molecule has 1 atom stereocenters. The Morgan fingerprint density at radius 3 is 2.68 bits per heavy atom. The van der Waals surface area contributed by atoms with Crippen molar-refractivity contribution in [2.45, 2.75) is 6.10 Å². The maximum Gasteiger partial charge on any atom is 0.180 e. The fourth-order valence-corrected chi connectivity index (χ4v) is 2.61. The molecule has 1 unspecified atom stereocenters. The van der Waals surface area contributed by atoms with Crippen LogP contribution in [-0.4, -0.2) is 20.3 Å². The number of aliphatic hydroxyl groups excluding tert-OH is 1. The minimum Gasteiger partial charge on any atom is -0.383 e. The van der Waals surface area contributed by atoms with Gasteiger partial charge in [0.25, 0.3) is 0 Å². The first kappa shape index (κ1) is 11.9. The summed E-state index contributed by atoms with van der Waals surface area (Å²) in [4.78, 5) is 4.66. The van der Waals surface area contributed by atoms with Gasteiger partial charge in [-0.05, 0) is 5.56 Å². The molecule has 0 aliphatic heterocycles. The SMILES string of the molecule is Nc1ncc(C(O)c2cn[nH]c2-c2ccccc2)s1. The van der Waals surface area contributed by atoms with Gasteiger partial charge >= 0.3 is 0 Å². The van der Waals surface area contributed by atoms with E-state index in [0.29, 0.717) is 10.0 Å². The second kappa shape index (κ2) is 4.83. The van der Waals surface area contributed by atoms with Gasteiger partial charge in [0, 0.05) is 11.8 Å². The molecule has 0 fully saturated rings. The van der Waals surface area contributed by atoms with Crippen molar-refractivity contribution in [3.63, 3.8) is 0 Å². The fraction of sp³-hybridized carbons (Fsp3) is 0.0769. The third kappa shape index (κ3) is 2.23. The van der Waals surface area contributed by atoms with Crippen molar-refractivity contribution in [2.75, 3.05) is 5.73 Å². The van der Waals surface area contributed by atoms with Crippen molar-refractivity contribution in [3.05, 3.63) is 53.2 Å². The van der Waals surface area contributed by atoms with Crippen LogP contribution in [0.4, 0.5) is 5.13 Å². The summed E-state index contributed by atoms with van der Waals surface area (Å²) in [5.74, 6) is 0. The summed E-state index contributed by atoms with van der Waals surface area (Å²) in [5.41, 5.74) is 8.09. The summed E-state index contributed by atoms with van der Waals surface area (Å²) in [6.45, 7) is 0. The van der Waals surface area contributed by atoms with Gasteiger partial charge < -0.3 is 10.8 Å². The Hall–Kier alpha value is -2.18. The Bertz CT molecular complexity index is 677. The quantitative estimate of drug-likeness (QED) is 0.682. The second-order valence-corrected chi connectivity index (χ2v) is 5.16. The van der Waals surface area contributed by atoms with E-state index in [1.807, 2.05) is 30.3 Å². The average molecular weight is 272 g/mol. The number of aromatic nitrogens is 3. The molecule has 0 saturated heterocycles. The summed E-state index contributed by atoms with van der Waals surface area (Å²) in [6, 6.07) is 9.75. The minimum absolute atomic E-state index is 0.443. The number of thiazole rings is 1. The van der Waals surface area contributed by atoms with Crippen LogP contribution in [0.3, 0.4) is 0 Å². The van der Waals surface area contributed by atoms with Crippen LogP contribution in [0.1, 0.15) is 16.5 Å². The monoisotopic (exact) mass is 272 g/mol. The van der Waals surface area contributed by atoms with Gasteiger partial charge in [0.1, 0.15) is 6.10 Å². The van der Waals surface area contributed by atoms with Gasteiger partial charge in [-0.1, -0.05) is 41.7 Å². The molecule has 3 rings (SSSR count). The first-order valence-electron chi connectivity index (χ1n) is 5.73. The molecule has 0 amide bonds. The van der Waals surface area contributed by atoms with Gasteiger partial charge in [0.15, 0.2) is 5.13 Å². The molecule has 0 aliphatic rings. The number of hydrogen-bond acceptors (Lipinski definition) is 5. The van der Waals surface area contributed by atoms with Crippen molar-refractivity contribution < 1.29 is 5.11 Å². The number of nitrogens with two attached hydrogens (primary N) is 1. The lowest BCUT2D eigenvalue weighted by Crippen LogP contribution is -1.97. The fourth-order valence-electron chi connectivity index (χ4n) is 1.92. The van der Waals surface area contributed by atoms with Crippen LogP contribution in [0.5, 0.6) is 0 Å². The molecule has 5 nitrogen and oxygen atoms in total. The van der Waals surface area contributed by atoms with Crippen molar-refractivity contribution in [3.8, 4) is 11.3 Å². The Labute approximate surface area is 113 Å². The smallest absolute Gasteiger partial charge is 0.180 e. The standard InChI is InChI=1S/C13H12N4OS/c14-13-15-7-10(19-13)12(18)9-6-16-17-11(9)8-4-2-1-3-5-8/h1-7,12,18H,(H2,14,15)(H,16,17). The molecule has 1 aromatic carbocycles. The number of hydrogen-bond donors (Lipinski definition) is 3. The van der Waals surface area contributed by atoms with Crippen molar-refractivity contribution >= 4 is 16.5 Å². The zero-order valence-electron chi connectivity index (χ0n) is 9.95. The van der Waals surface area contributed by atoms with E-state index >= 15 is 0 Å². The van der Waals surface area contributed by atoms with E-state index in [9.17, 15) is 5.11 Å². The Balaban J connectivity index is 2.01. The first-order chi connectivity index (χ1) is 9.25. The highest BCUT2D eigenvalue weighted by Crippen LogP contribution is 2.32. The van der Waals surface area contributed by atoms with Crippen LogP contribution in [0, 0.1) is 0 Å². The predicted molar refractivity (Wildman–Crippen MR) is 74.6 cm³/mol. The highest BCUT2D eigenvalue weighted by Gasteiger charge is 2.19. The van der Waals surface area contributed by atoms with Crippen LogP contribution in [0.25, 0.3) is 11.3 Å². The van der Waals surface area contributed by atoms with Gasteiger partial charge in [0.05, 0.1) is 16.8 Å². The Morgan fingerprint density at radius 1 is 1.21 bits per heavy atom. The van der Waals surface area contributed by atoms with Gasteiger partial charge in [-0.3, -0.25) is 5.10 Å². The Kier molecular flexibility index (Phi) is 3.02. The number of rotatable bonds is 3. The summed E-state index contributed by atoms with van der Waals surface area (Å²) in [6.07, 6.45) is 2.44. The largest absolute Gasteiger partial charge is 0.383 e. The van der Waals surface area contributed by atoms with Gasteiger partial charge in [0.2, 0.25) is 0 Å². The summed E-state index contributed by atoms with van der Waals surface area (Å²) < 4.78 is 0. The molecule has 96 valence electrons. The zero-order chi connectivity index (χ0) is 13.2. The third-order valence-corrected chi connectivity index (χ3v) is 3.72. The lowest BCUT2D eigenvalue weighted by Gasteiger charge is -2.08. The normalized spacial score (nSPS) is 12.5. The summed E-state index contributed by atoms with van der Waals surface area (Å²) >= 11 is 1.27. The zero-order valence-corrected chi connectivity index (χ0v) is 10.8. The molecule has 19 heavy (non-hydrogen) atoms. The van der Waals surface area contributed by atoms with E-state index in [4.69, 9.17) is 5.73 Å². The van der Waals surface area contributed by atoms with E-state index in [2.05, 4.69) is 15.2 Å². The van der Waals surface area contributed by atoms with Crippen LogP contribution in [0.2, 0.25) is 0 Å². The number of nitrogen functional groups attached to an aromatic ring is 1. The molecule has 4 N–H and O–H groups in total. The lowest BCUT2D eigenvalue weighted by atomic mass is 10.0. The minimum atomic E-state index is -0.774. The van der Waals surface area contributed by atoms with Crippen LogP contribution < -0.4 is 5.73 Å². The predicted octanol–water partition coefficient (Wildman–Crippen LogP) is 2.20. The maximum atomic E-state index is 10.4. The highest BCUT2D eigenvalue weighted by molar-refractivity contribution is 7.15. The second-order valence-electron chi connectivity index (χ2n) is 4.07. The lowest BCUT2D eigenvalue weighted by molar-refractivity contribution is 0.224. The maximum absolute atomic E-state index is 10.4. The number of nitrogens with zero attached hydrogens (tertiary/aromatic N) is 2. The van der Waals surface area contributed by atoms with Crippen LogP contribution in [-0.2, 0) is 0 Å². The molecule has 2 heterocycles. The van der Waals surface area contributed by atoms with Gasteiger partial charge in [-0.2, -0.15) is 5.10 Å². The molecule has 0 aliphatic carbocycles. The van der Waals surface area contributed by atoms with E-state index in [0.717, 1.165) is 16.8 Å². The van der Waals surface area contributed by atoms with E-state index in [-0.39, 0.29) is 0 Å². The van der Waals surface area contributed by atoms with Crippen molar-refractivity contribution in [1.82, 2.24) is 15.2 Å². The van der Waals surface area contributed by atoms with E-state index < -0.39 is 6.10 Å². The highest BCUT2D eigenvalue weighted by atomic mass is 32.1. The molecular weight excluding hydrogens is 260 g/mol. The van der Waals surface area contributed by atoms with E-state index in [1.165, 1.54) is 11.3 Å². The number of aromatic amines is 1. The number of benzene rings is 1. The first-order valence-corrected chi connectivity index (χ1v) is 6.55. The molecule has 0 spiro atoms. The van der Waals surface area contributed by atoms with Crippen molar-refractivity contribution in [2.24, 2.45) is 0 Å². The number of aliphatic hydroxyl groups is 1. The van der Waals surface area contributed by atoms with Gasteiger partial charge in [-0.25, -0.2) is 4.98 Å². The average Bonchev–Trinajstić information content (AvgIpc) is 3.07. The molecule has 0 bridgehead atoms. The molecular formula is C13H12N4OS. The molecule has 0 saturated carbocycles. The number of anilines is 1. The topological polar surface area (TPSA) is 87.8 Å². The molecule has 6 heteroatoms. The summed E-state index contributed by atoms with van der Waals surface area (Å²) in [7, 11) is 0. The van der Waals surface area contributed by atoms with Gasteiger partial charge in [-0.15, -0.1) is 0 Å². The number of H-pyrrole nitrogens is 1. The van der Waals surface area contributed by atoms with Crippen LogP contribution >= 0.6 is 11.3 Å². The van der Waals surface area contributed by atoms with E-state index in [1.54, 1.807) is 12.4 Å². The molecule has 2 aromatic heterocycles.